The van der Waals surface area contributed by atoms with Gasteiger partial charge >= 0.3 is 6.03 Å². The van der Waals surface area contributed by atoms with Crippen molar-refractivity contribution in [3.8, 4) is 5.75 Å². The fourth-order valence-corrected chi connectivity index (χ4v) is 2.88. The summed E-state index contributed by atoms with van der Waals surface area (Å²) in [6.45, 7) is 5.00. The van der Waals surface area contributed by atoms with Crippen molar-refractivity contribution in [2.24, 2.45) is 0 Å². The average molecular weight is 325 g/mol. The minimum absolute atomic E-state index is 0.0430. The lowest BCUT2D eigenvalue weighted by molar-refractivity contribution is 0.208. The second kappa shape index (κ2) is 7.25. The van der Waals surface area contributed by atoms with Crippen LogP contribution in [0.25, 0.3) is 0 Å². The number of piperazine rings is 1. The summed E-state index contributed by atoms with van der Waals surface area (Å²) in [6, 6.07) is 15.8. The van der Waals surface area contributed by atoms with Crippen LogP contribution in [-0.4, -0.2) is 44.2 Å². The molecule has 1 N–H and O–H groups in total. The van der Waals surface area contributed by atoms with Crippen LogP contribution in [0, 0.1) is 6.92 Å². The molecule has 0 atom stereocenters. The van der Waals surface area contributed by atoms with Crippen LogP contribution in [0.15, 0.2) is 48.5 Å². The number of methoxy groups -OCH3 is 1. The van der Waals surface area contributed by atoms with E-state index in [9.17, 15) is 4.79 Å². The van der Waals surface area contributed by atoms with Gasteiger partial charge in [-0.2, -0.15) is 0 Å². The smallest absolute Gasteiger partial charge is 0.321 e. The number of amides is 2. The molecule has 1 aliphatic rings. The summed E-state index contributed by atoms with van der Waals surface area (Å²) in [6.07, 6.45) is 0. The van der Waals surface area contributed by atoms with Gasteiger partial charge in [-0.05, 0) is 31.2 Å². The predicted molar refractivity (Wildman–Crippen MR) is 97.0 cm³/mol. The molecule has 1 aliphatic heterocycles. The van der Waals surface area contributed by atoms with Gasteiger partial charge in [0.2, 0.25) is 0 Å². The van der Waals surface area contributed by atoms with E-state index in [1.807, 2.05) is 54.3 Å². The number of carbonyl (C=O) groups excluding carboxylic acids is 1. The van der Waals surface area contributed by atoms with E-state index >= 15 is 0 Å². The maximum absolute atomic E-state index is 12.4. The highest BCUT2D eigenvalue weighted by molar-refractivity contribution is 5.89. The third kappa shape index (κ3) is 3.62. The molecule has 0 aromatic heterocycles. The molecule has 0 radical (unpaired) electrons. The first-order chi connectivity index (χ1) is 11.7. The fraction of sp³-hybridized carbons (Fsp3) is 0.316. The SMILES string of the molecule is COc1ccccc1N1CCN(C(=O)Nc2ccc(C)cc2)CC1. The summed E-state index contributed by atoms with van der Waals surface area (Å²) >= 11 is 0. The Kier molecular flexibility index (Phi) is 4.89. The van der Waals surface area contributed by atoms with E-state index in [0.717, 1.165) is 30.2 Å². The molecule has 1 fully saturated rings. The molecule has 2 aromatic rings. The van der Waals surface area contributed by atoms with Gasteiger partial charge in [0, 0.05) is 31.9 Å². The summed E-state index contributed by atoms with van der Waals surface area (Å²) in [7, 11) is 1.68. The van der Waals surface area contributed by atoms with Gasteiger partial charge in [0.15, 0.2) is 0 Å². The second-order valence-corrected chi connectivity index (χ2v) is 5.94. The summed E-state index contributed by atoms with van der Waals surface area (Å²) < 4.78 is 5.43. The van der Waals surface area contributed by atoms with E-state index in [0.29, 0.717) is 13.1 Å². The standard InChI is InChI=1S/C19H23N3O2/c1-15-7-9-16(10-8-15)20-19(23)22-13-11-21(12-14-22)17-5-3-4-6-18(17)24-2/h3-10H,11-14H2,1-2H3,(H,20,23). The highest BCUT2D eigenvalue weighted by atomic mass is 16.5. The van der Waals surface area contributed by atoms with Gasteiger partial charge in [-0.25, -0.2) is 4.79 Å². The summed E-state index contributed by atoms with van der Waals surface area (Å²) in [5.74, 6) is 0.870. The minimum Gasteiger partial charge on any atom is -0.495 e. The maximum atomic E-state index is 12.4. The monoisotopic (exact) mass is 325 g/mol. The third-order valence-corrected chi connectivity index (χ3v) is 4.30. The molecular formula is C19H23N3O2. The van der Waals surface area contributed by atoms with Crippen LogP contribution in [-0.2, 0) is 0 Å². The largest absolute Gasteiger partial charge is 0.495 e. The molecule has 1 saturated heterocycles. The molecule has 5 nitrogen and oxygen atoms in total. The number of benzene rings is 2. The summed E-state index contributed by atoms with van der Waals surface area (Å²) in [5, 5.41) is 2.96. The van der Waals surface area contributed by atoms with Crippen LogP contribution in [0.1, 0.15) is 5.56 Å². The van der Waals surface area contributed by atoms with E-state index in [4.69, 9.17) is 4.74 Å². The molecular weight excluding hydrogens is 302 g/mol. The number of nitrogens with zero attached hydrogens (tertiary/aromatic N) is 2. The molecule has 0 spiro atoms. The van der Waals surface area contributed by atoms with Crippen molar-refractivity contribution in [3.05, 3.63) is 54.1 Å². The van der Waals surface area contributed by atoms with Crippen LogP contribution < -0.4 is 15.0 Å². The van der Waals surface area contributed by atoms with Gasteiger partial charge in [0.25, 0.3) is 0 Å². The van der Waals surface area contributed by atoms with Crippen molar-refractivity contribution in [2.45, 2.75) is 6.92 Å². The zero-order valence-corrected chi connectivity index (χ0v) is 14.2. The molecule has 0 saturated carbocycles. The Hall–Kier alpha value is -2.69. The number of anilines is 2. The highest BCUT2D eigenvalue weighted by Gasteiger charge is 2.22. The molecule has 0 bridgehead atoms. The number of para-hydroxylation sites is 2. The van der Waals surface area contributed by atoms with Gasteiger partial charge in [-0.3, -0.25) is 0 Å². The van der Waals surface area contributed by atoms with E-state index < -0.39 is 0 Å². The zero-order chi connectivity index (χ0) is 16.9. The van der Waals surface area contributed by atoms with E-state index in [-0.39, 0.29) is 6.03 Å². The first kappa shape index (κ1) is 16.2. The molecule has 2 amide bonds. The van der Waals surface area contributed by atoms with Crippen molar-refractivity contribution in [2.75, 3.05) is 43.5 Å². The number of aryl methyl sites for hydroxylation is 1. The zero-order valence-electron chi connectivity index (χ0n) is 14.2. The molecule has 24 heavy (non-hydrogen) atoms. The molecule has 3 rings (SSSR count). The quantitative estimate of drug-likeness (QED) is 0.941. The number of hydrogen-bond acceptors (Lipinski definition) is 3. The Labute approximate surface area is 142 Å². The number of nitrogens with one attached hydrogen (secondary N) is 1. The molecule has 1 heterocycles. The Bertz CT molecular complexity index is 692. The van der Waals surface area contributed by atoms with Gasteiger partial charge in [0.05, 0.1) is 12.8 Å². The molecule has 0 unspecified atom stereocenters. The van der Waals surface area contributed by atoms with Crippen molar-refractivity contribution in [1.29, 1.82) is 0 Å². The lowest BCUT2D eigenvalue weighted by atomic mass is 10.2. The van der Waals surface area contributed by atoms with Gasteiger partial charge < -0.3 is 19.9 Å². The van der Waals surface area contributed by atoms with Crippen LogP contribution >= 0.6 is 0 Å². The first-order valence-corrected chi connectivity index (χ1v) is 8.18. The molecule has 126 valence electrons. The van der Waals surface area contributed by atoms with Crippen LogP contribution in [0.5, 0.6) is 5.75 Å². The fourth-order valence-electron chi connectivity index (χ4n) is 2.88. The minimum atomic E-state index is -0.0430. The summed E-state index contributed by atoms with van der Waals surface area (Å²) in [4.78, 5) is 16.5. The average Bonchev–Trinajstić information content (AvgIpc) is 2.63. The van der Waals surface area contributed by atoms with Gasteiger partial charge in [-0.15, -0.1) is 0 Å². The van der Waals surface area contributed by atoms with Crippen LogP contribution in [0.3, 0.4) is 0 Å². The Balaban J connectivity index is 1.58. The first-order valence-electron chi connectivity index (χ1n) is 8.18. The van der Waals surface area contributed by atoms with Gasteiger partial charge in [0.1, 0.15) is 5.75 Å². The van der Waals surface area contributed by atoms with Crippen molar-refractivity contribution in [3.63, 3.8) is 0 Å². The summed E-state index contributed by atoms with van der Waals surface area (Å²) in [5.41, 5.74) is 3.09. The van der Waals surface area contributed by atoms with Crippen molar-refractivity contribution < 1.29 is 9.53 Å². The molecule has 2 aromatic carbocycles. The Morgan fingerprint density at radius 2 is 1.67 bits per heavy atom. The topological polar surface area (TPSA) is 44.8 Å². The number of hydrogen-bond donors (Lipinski definition) is 1. The van der Waals surface area contributed by atoms with Crippen LogP contribution in [0.4, 0.5) is 16.2 Å². The maximum Gasteiger partial charge on any atom is 0.321 e. The lowest BCUT2D eigenvalue weighted by Gasteiger charge is -2.36. The number of rotatable bonds is 3. The van der Waals surface area contributed by atoms with E-state index in [2.05, 4.69) is 16.3 Å². The molecule has 0 aliphatic carbocycles. The van der Waals surface area contributed by atoms with E-state index in [1.165, 1.54) is 5.56 Å². The second-order valence-electron chi connectivity index (χ2n) is 5.94. The van der Waals surface area contributed by atoms with Crippen molar-refractivity contribution in [1.82, 2.24) is 4.90 Å². The third-order valence-electron chi connectivity index (χ3n) is 4.30. The normalized spacial score (nSPS) is 14.4. The lowest BCUT2D eigenvalue weighted by Crippen LogP contribution is -2.50. The predicted octanol–water partition coefficient (Wildman–Crippen LogP) is 3.36. The Morgan fingerprint density at radius 3 is 2.33 bits per heavy atom. The highest BCUT2D eigenvalue weighted by Crippen LogP contribution is 2.28. The number of urea groups is 1. The van der Waals surface area contributed by atoms with Crippen LogP contribution in [0.2, 0.25) is 0 Å². The number of carbonyl (C=O) groups is 1. The number of ether oxygens (including phenoxy) is 1. The van der Waals surface area contributed by atoms with Crippen molar-refractivity contribution >= 4 is 17.4 Å². The van der Waals surface area contributed by atoms with Gasteiger partial charge in [-0.1, -0.05) is 29.8 Å². The molecule has 5 heteroatoms. The van der Waals surface area contributed by atoms with E-state index in [1.54, 1.807) is 7.11 Å². The Morgan fingerprint density at radius 1 is 1.00 bits per heavy atom.